The fourth-order valence-corrected chi connectivity index (χ4v) is 1.87. The Labute approximate surface area is 89.2 Å². The summed E-state index contributed by atoms with van der Waals surface area (Å²) in [5.74, 6) is -0.225. The molecule has 5 heteroatoms. The molecule has 0 aliphatic heterocycles. The highest BCUT2D eigenvalue weighted by Gasteiger charge is 2.32. The van der Waals surface area contributed by atoms with Gasteiger partial charge in [-0.2, -0.15) is 11.8 Å². The maximum Gasteiger partial charge on any atom is 0.321 e. The average molecular weight is 221 g/mol. The molecule has 2 atom stereocenters. The maximum atomic E-state index is 10.7. The number of nitrogens with two attached hydrogens (primary N) is 1. The van der Waals surface area contributed by atoms with Crippen molar-refractivity contribution >= 4 is 17.7 Å². The van der Waals surface area contributed by atoms with Crippen molar-refractivity contribution in [3.05, 3.63) is 0 Å². The Morgan fingerprint density at radius 1 is 1.64 bits per heavy atom. The highest BCUT2D eigenvalue weighted by Crippen LogP contribution is 2.28. The molecule has 0 saturated heterocycles. The molecule has 14 heavy (non-hydrogen) atoms. The second-order valence-corrected chi connectivity index (χ2v) is 5.45. The van der Waals surface area contributed by atoms with Gasteiger partial charge in [0.05, 0.1) is 6.10 Å². The van der Waals surface area contributed by atoms with Crippen molar-refractivity contribution in [2.45, 2.75) is 37.7 Å². The molecule has 0 saturated carbocycles. The number of methoxy groups -OCH3 is 1. The molecule has 0 aliphatic carbocycles. The van der Waals surface area contributed by atoms with Crippen LogP contribution in [0.15, 0.2) is 0 Å². The van der Waals surface area contributed by atoms with Crippen molar-refractivity contribution in [2.24, 2.45) is 5.73 Å². The lowest BCUT2D eigenvalue weighted by Crippen LogP contribution is -2.47. The highest BCUT2D eigenvalue weighted by atomic mass is 32.2. The lowest BCUT2D eigenvalue weighted by molar-refractivity contribution is -0.139. The molecule has 0 fully saturated rings. The summed E-state index contributed by atoms with van der Waals surface area (Å²) in [4.78, 5) is 10.7. The van der Waals surface area contributed by atoms with Crippen LogP contribution in [0.2, 0.25) is 0 Å². The summed E-state index contributed by atoms with van der Waals surface area (Å²) in [7, 11) is 1.63. The molecule has 0 bridgehead atoms. The topological polar surface area (TPSA) is 72.5 Å². The Morgan fingerprint density at radius 2 is 2.14 bits per heavy atom. The average Bonchev–Trinajstić information content (AvgIpc) is 2.12. The maximum absolute atomic E-state index is 10.7. The first kappa shape index (κ1) is 13.7. The number of carbonyl (C=O) groups is 1. The van der Waals surface area contributed by atoms with Crippen LogP contribution in [-0.4, -0.2) is 40.8 Å². The second kappa shape index (κ2) is 5.58. The van der Waals surface area contributed by atoms with Crippen molar-refractivity contribution < 1.29 is 14.6 Å². The molecule has 0 radical (unpaired) electrons. The lowest BCUT2D eigenvalue weighted by atomic mass is 10.1. The van der Waals surface area contributed by atoms with Crippen LogP contribution in [0.25, 0.3) is 0 Å². The van der Waals surface area contributed by atoms with Crippen LogP contribution in [0.5, 0.6) is 0 Å². The van der Waals surface area contributed by atoms with Gasteiger partial charge in [0, 0.05) is 17.6 Å². The van der Waals surface area contributed by atoms with E-state index < -0.39 is 16.8 Å². The molecule has 0 aromatic carbocycles. The standard InChI is InChI=1S/C9H19NO3S/c1-6(13-4)5-14-9(2,3)7(10)8(11)12/h6-7H,5,10H2,1-4H3,(H,11,12)/t6?,7-/m0/s1. The summed E-state index contributed by atoms with van der Waals surface area (Å²) in [5.41, 5.74) is 5.56. The Bertz CT molecular complexity index is 196. The van der Waals surface area contributed by atoms with Crippen LogP contribution < -0.4 is 5.73 Å². The van der Waals surface area contributed by atoms with E-state index in [9.17, 15) is 4.79 Å². The first-order valence-corrected chi connectivity index (χ1v) is 5.45. The van der Waals surface area contributed by atoms with E-state index in [1.807, 2.05) is 20.8 Å². The third-order valence-corrected chi connectivity index (χ3v) is 3.74. The van der Waals surface area contributed by atoms with Gasteiger partial charge in [0.2, 0.25) is 0 Å². The molecule has 0 spiro atoms. The first-order chi connectivity index (χ1) is 6.31. The van der Waals surface area contributed by atoms with Crippen LogP contribution >= 0.6 is 11.8 Å². The fraction of sp³-hybridized carbons (Fsp3) is 0.889. The zero-order chi connectivity index (χ0) is 11.4. The molecule has 3 N–H and O–H groups in total. The number of carboxylic acids is 1. The zero-order valence-corrected chi connectivity index (χ0v) is 9.93. The quantitative estimate of drug-likeness (QED) is 0.698. The minimum Gasteiger partial charge on any atom is -0.480 e. The number of hydrogen-bond acceptors (Lipinski definition) is 4. The summed E-state index contributed by atoms with van der Waals surface area (Å²) in [6.45, 7) is 5.60. The third-order valence-electron chi connectivity index (χ3n) is 2.11. The monoisotopic (exact) mass is 221 g/mol. The van der Waals surface area contributed by atoms with E-state index in [2.05, 4.69) is 0 Å². The minimum atomic E-state index is -0.965. The van der Waals surface area contributed by atoms with Gasteiger partial charge in [-0.3, -0.25) is 4.79 Å². The number of hydrogen-bond donors (Lipinski definition) is 2. The summed E-state index contributed by atoms with van der Waals surface area (Å²) < 4.78 is 4.60. The zero-order valence-electron chi connectivity index (χ0n) is 9.11. The molecule has 4 nitrogen and oxygen atoms in total. The molecule has 0 aromatic rings. The van der Waals surface area contributed by atoms with Gasteiger partial charge >= 0.3 is 5.97 Å². The van der Waals surface area contributed by atoms with Gasteiger partial charge < -0.3 is 15.6 Å². The van der Waals surface area contributed by atoms with Gasteiger partial charge in [-0.15, -0.1) is 0 Å². The number of carboxylic acid groups (broad SMARTS) is 1. The number of rotatable bonds is 6. The summed E-state index contributed by atoms with van der Waals surface area (Å²) in [6.07, 6.45) is 0.111. The van der Waals surface area contributed by atoms with E-state index in [0.29, 0.717) is 0 Å². The summed E-state index contributed by atoms with van der Waals surface area (Å²) >= 11 is 1.52. The van der Waals surface area contributed by atoms with Crippen molar-refractivity contribution in [3.63, 3.8) is 0 Å². The van der Waals surface area contributed by atoms with Gasteiger partial charge in [-0.05, 0) is 20.8 Å². The predicted molar refractivity (Wildman–Crippen MR) is 58.6 cm³/mol. The van der Waals surface area contributed by atoms with Gasteiger partial charge in [-0.25, -0.2) is 0 Å². The van der Waals surface area contributed by atoms with E-state index in [-0.39, 0.29) is 6.10 Å². The molecule has 0 aliphatic rings. The third kappa shape index (κ3) is 4.30. The Hall–Kier alpha value is -0.260. The smallest absolute Gasteiger partial charge is 0.321 e. The number of ether oxygens (including phenoxy) is 1. The SMILES string of the molecule is COC(C)CSC(C)(C)[C@@H](N)C(=O)O. The summed E-state index contributed by atoms with van der Waals surface area (Å²) in [5, 5.41) is 8.77. The number of thioether (sulfide) groups is 1. The molecular formula is C9H19NO3S. The highest BCUT2D eigenvalue weighted by molar-refractivity contribution is 8.00. The van der Waals surface area contributed by atoms with Crippen LogP contribution in [0.3, 0.4) is 0 Å². The van der Waals surface area contributed by atoms with E-state index in [4.69, 9.17) is 15.6 Å². The van der Waals surface area contributed by atoms with Crippen LogP contribution in [-0.2, 0) is 9.53 Å². The van der Waals surface area contributed by atoms with Crippen LogP contribution in [0.4, 0.5) is 0 Å². The molecular weight excluding hydrogens is 202 g/mol. The van der Waals surface area contributed by atoms with E-state index in [0.717, 1.165) is 5.75 Å². The Morgan fingerprint density at radius 3 is 2.50 bits per heavy atom. The van der Waals surface area contributed by atoms with E-state index in [1.165, 1.54) is 11.8 Å². The van der Waals surface area contributed by atoms with Crippen molar-refractivity contribution in [2.75, 3.05) is 12.9 Å². The Kier molecular flexibility index (Phi) is 5.48. The first-order valence-electron chi connectivity index (χ1n) is 4.46. The molecule has 0 heterocycles. The van der Waals surface area contributed by atoms with E-state index in [1.54, 1.807) is 7.11 Å². The second-order valence-electron chi connectivity index (χ2n) is 3.78. The minimum absolute atomic E-state index is 0.111. The molecule has 0 aromatic heterocycles. The van der Waals surface area contributed by atoms with Gasteiger partial charge in [0.25, 0.3) is 0 Å². The van der Waals surface area contributed by atoms with Crippen LogP contribution in [0.1, 0.15) is 20.8 Å². The summed E-state index contributed by atoms with van der Waals surface area (Å²) in [6, 6.07) is -0.850. The van der Waals surface area contributed by atoms with Crippen molar-refractivity contribution in [1.82, 2.24) is 0 Å². The largest absolute Gasteiger partial charge is 0.480 e. The lowest BCUT2D eigenvalue weighted by Gasteiger charge is -2.28. The number of aliphatic carboxylic acids is 1. The Balaban J connectivity index is 4.13. The molecule has 0 rings (SSSR count). The van der Waals surface area contributed by atoms with Crippen molar-refractivity contribution in [1.29, 1.82) is 0 Å². The van der Waals surface area contributed by atoms with E-state index >= 15 is 0 Å². The molecule has 1 unspecified atom stereocenters. The van der Waals surface area contributed by atoms with Gasteiger partial charge in [-0.1, -0.05) is 0 Å². The molecule has 0 amide bonds. The van der Waals surface area contributed by atoms with Crippen molar-refractivity contribution in [3.8, 4) is 0 Å². The fourth-order valence-electron chi connectivity index (χ4n) is 0.787. The predicted octanol–water partition coefficient (Wildman–Crippen LogP) is 0.945. The normalized spacial score (nSPS) is 16.4. The molecule has 84 valence electrons. The van der Waals surface area contributed by atoms with Gasteiger partial charge in [0.15, 0.2) is 0 Å². The van der Waals surface area contributed by atoms with Gasteiger partial charge in [0.1, 0.15) is 6.04 Å². The van der Waals surface area contributed by atoms with Crippen LogP contribution in [0, 0.1) is 0 Å².